The van der Waals surface area contributed by atoms with E-state index in [0.29, 0.717) is 0 Å². The lowest BCUT2D eigenvalue weighted by atomic mass is 9.89. The Balaban J connectivity index is 1.93. The molecule has 1 aliphatic carbocycles. The summed E-state index contributed by atoms with van der Waals surface area (Å²) in [6.45, 7) is 2.34. The van der Waals surface area contributed by atoms with E-state index in [0.717, 1.165) is 12.1 Å². The first kappa shape index (κ1) is 6.62. The standard InChI is InChI=1S/C8H16N2/c1-2-4-8-7(3-1)9-5-6-10-8/h7-10H,1-6H2/t7-,8?/m1/s1. The molecule has 0 radical (unpaired) electrons. The van der Waals surface area contributed by atoms with Crippen LogP contribution in [0, 0.1) is 0 Å². The molecule has 0 aromatic rings. The molecule has 2 nitrogen and oxygen atoms in total. The normalized spacial score (nSPS) is 40.8. The van der Waals surface area contributed by atoms with E-state index in [1.165, 1.54) is 38.8 Å². The van der Waals surface area contributed by atoms with Crippen LogP contribution in [0.4, 0.5) is 0 Å². The average molecular weight is 140 g/mol. The van der Waals surface area contributed by atoms with Gasteiger partial charge >= 0.3 is 0 Å². The Morgan fingerprint density at radius 2 is 1.30 bits per heavy atom. The molecule has 58 valence electrons. The van der Waals surface area contributed by atoms with Gasteiger partial charge in [-0.2, -0.15) is 0 Å². The van der Waals surface area contributed by atoms with Crippen LogP contribution in [0.15, 0.2) is 0 Å². The Morgan fingerprint density at radius 1 is 0.800 bits per heavy atom. The number of rotatable bonds is 0. The summed E-state index contributed by atoms with van der Waals surface area (Å²) >= 11 is 0. The van der Waals surface area contributed by atoms with Crippen molar-refractivity contribution < 1.29 is 0 Å². The third-order valence-corrected chi connectivity index (χ3v) is 2.70. The Kier molecular flexibility index (Phi) is 1.91. The Bertz CT molecular complexity index is 87.8. The SMILES string of the molecule is C1CC[C@H]2NCCNC2C1. The molecule has 1 aliphatic heterocycles. The predicted octanol–water partition coefficient (Wildman–Crippen LogP) is 0.490. The second-order valence-electron chi connectivity index (χ2n) is 3.41. The second kappa shape index (κ2) is 2.89. The van der Waals surface area contributed by atoms with Crippen LogP contribution in [0.1, 0.15) is 25.7 Å². The van der Waals surface area contributed by atoms with E-state index in [1.807, 2.05) is 0 Å². The zero-order valence-corrected chi connectivity index (χ0v) is 6.40. The highest BCUT2D eigenvalue weighted by Gasteiger charge is 2.26. The maximum Gasteiger partial charge on any atom is 0.0221 e. The highest BCUT2D eigenvalue weighted by Crippen LogP contribution is 2.19. The highest BCUT2D eigenvalue weighted by atomic mass is 15.1. The van der Waals surface area contributed by atoms with Crippen LogP contribution in [-0.4, -0.2) is 25.2 Å². The summed E-state index contributed by atoms with van der Waals surface area (Å²) in [5, 5.41) is 7.12. The van der Waals surface area contributed by atoms with Crippen LogP contribution in [0.5, 0.6) is 0 Å². The van der Waals surface area contributed by atoms with Crippen LogP contribution < -0.4 is 10.6 Å². The fraction of sp³-hybridized carbons (Fsp3) is 1.00. The van der Waals surface area contributed by atoms with Crippen molar-refractivity contribution in [1.29, 1.82) is 0 Å². The molecular weight excluding hydrogens is 124 g/mol. The van der Waals surface area contributed by atoms with E-state index in [1.54, 1.807) is 0 Å². The maximum absolute atomic E-state index is 3.56. The first-order valence-electron chi connectivity index (χ1n) is 4.43. The zero-order chi connectivity index (χ0) is 6.81. The molecule has 0 bridgehead atoms. The lowest BCUT2D eigenvalue weighted by molar-refractivity contribution is 0.251. The minimum Gasteiger partial charge on any atom is -0.311 e. The van der Waals surface area contributed by atoms with E-state index in [4.69, 9.17) is 0 Å². The topological polar surface area (TPSA) is 24.1 Å². The molecule has 2 atom stereocenters. The van der Waals surface area contributed by atoms with Gasteiger partial charge in [-0.3, -0.25) is 0 Å². The number of piperazine rings is 1. The second-order valence-corrected chi connectivity index (χ2v) is 3.41. The summed E-state index contributed by atoms with van der Waals surface area (Å²) in [5.74, 6) is 0. The van der Waals surface area contributed by atoms with Crippen LogP contribution in [0.2, 0.25) is 0 Å². The summed E-state index contributed by atoms with van der Waals surface area (Å²) in [4.78, 5) is 0. The molecule has 1 saturated carbocycles. The molecule has 2 N–H and O–H groups in total. The van der Waals surface area contributed by atoms with Crippen molar-refractivity contribution in [2.45, 2.75) is 37.8 Å². The monoisotopic (exact) mass is 140 g/mol. The Labute approximate surface area is 62.4 Å². The molecular formula is C8H16N2. The molecule has 0 amide bonds. The summed E-state index contributed by atoms with van der Waals surface area (Å²) in [5.41, 5.74) is 0. The van der Waals surface area contributed by atoms with Crippen molar-refractivity contribution in [3.8, 4) is 0 Å². The number of hydrogen-bond donors (Lipinski definition) is 2. The van der Waals surface area contributed by atoms with Gasteiger partial charge in [-0.15, -0.1) is 0 Å². The van der Waals surface area contributed by atoms with Crippen molar-refractivity contribution in [3.05, 3.63) is 0 Å². The van der Waals surface area contributed by atoms with E-state index in [9.17, 15) is 0 Å². The van der Waals surface area contributed by atoms with Gasteiger partial charge < -0.3 is 10.6 Å². The molecule has 2 rings (SSSR count). The molecule has 2 fully saturated rings. The van der Waals surface area contributed by atoms with Crippen LogP contribution in [-0.2, 0) is 0 Å². The molecule has 0 spiro atoms. The van der Waals surface area contributed by atoms with Crippen molar-refractivity contribution in [1.82, 2.24) is 10.6 Å². The van der Waals surface area contributed by atoms with Gasteiger partial charge in [0.15, 0.2) is 0 Å². The van der Waals surface area contributed by atoms with E-state index in [-0.39, 0.29) is 0 Å². The molecule has 0 aromatic heterocycles. The quantitative estimate of drug-likeness (QED) is 0.511. The summed E-state index contributed by atoms with van der Waals surface area (Å²) in [6, 6.07) is 1.59. The Morgan fingerprint density at radius 3 is 1.80 bits per heavy atom. The van der Waals surface area contributed by atoms with Crippen molar-refractivity contribution in [3.63, 3.8) is 0 Å². The fourth-order valence-electron chi connectivity index (χ4n) is 2.13. The third kappa shape index (κ3) is 1.18. The largest absolute Gasteiger partial charge is 0.311 e. The van der Waals surface area contributed by atoms with Crippen LogP contribution >= 0.6 is 0 Å². The predicted molar refractivity (Wildman–Crippen MR) is 42.0 cm³/mol. The van der Waals surface area contributed by atoms with E-state index in [2.05, 4.69) is 10.6 Å². The summed E-state index contributed by atoms with van der Waals surface area (Å²) < 4.78 is 0. The molecule has 0 aromatic carbocycles. The van der Waals surface area contributed by atoms with Gasteiger partial charge in [0.05, 0.1) is 0 Å². The molecule has 1 heterocycles. The minimum atomic E-state index is 0.794. The number of hydrogen-bond acceptors (Lipinski definition) is 2. The molecule has 2 heteroatoms. The molecule has 10 heavy (non-hydrogen) atoms. The van der Waals surface area contributed by atoms with Crippen molar-refractivity contribution in [2.24, 2.45) is 0 Å². The zero-order valence-electron chi connectivity index (χ0n) is 6.40. The molecule has 1 saturated heterocycles. The van der Waals surface area contributed by atoms with Crippen molar-refractivity contribution in [2.75, 3.05) is 13.1 Å². The summed E-state index contributed by atoms with van der Waals surface area (Å²) in [7, 11) is 0. The number of fused-ring (bicyclic) bond motifs is 1. The molecule has 2 aliphatic rings. The fourth-order valence-corrected chi connectivity index (χ4v) is 2.13. The van der Waals surface area contributed by atoms with Gasteiger partial charge in [-0.05, 0) is 12.8 Å². The lowest BCUT2D eigenvalue weighted by Gasteiger charge is -2.37. The van der Waals surface area contributed by atoms with Gasteiger partial charge in [0, 0.05) is 25.2 Å². The van der Waals surface area contributed by atoms with Gasteiger partial charge in [0.25, 0.3) is 0 Å². The minimum absolute atomic E-state index is 0.794. The van der Waals surface area contributed by atoms with Crippen LogP contribution in [0.3, 0.4) is 0 Å². The van der Waals surface area contributed by atoms with Gasteiger partial charge in [0.2, 0.25) is 0 Å². The summed E-state index contributed by atoms with van der Waals surface area (Å²) in [6.07, 6.45) is 5.63. The van der Waals surface area contributed by atoms with Gasteiger partial charge in [-0.25, -0.2) is 0 Å². The maximum atomic E-state index is 3.56. The van der Waals surface area contributed by atoms with Crippen LogP contribution in [0.25, 0.3) is 0 Å². The van der Waals surface area contributed by atoms with Gasteiger partial charge in [-0.1, -0.05) is 12.8 Å². The van der Waals surface area contributed by atoms with Crippen molar-refractivity contribution >= 4 is 0 Å². The first-order valence-corrected chi connectivity index (χ1v) is 4.43. The van der Waals surface area contributed by atoms with E-state index >= 15 is 0 Å². The van der Waals surface area contributed by atoms with E-state index < -0.39 is 0 Å². The highest BCUT2D eigenvalue weighted by molar-refractivity contribution is 4.89. The number of nitrogens with one attached hydrogen (secondary N) is 2. The molecule has 1 unspecified atom stereocenters. The Hall–Kier alpha value is -0.0800. The smallest absolute Gasteiger partial charge is 0.0221 e. The average Bonchev–Trinajstić information content (AvgIpc) is 2.05. The first-order chi connectivity index (χ1) is 4.97. The van der Waals surface area contributed by atoms with Gasteiger partial charge in [0.1, 0.15) is 0 Å². The lowest BCUT2D eigenvalue weighted by Crippen LogP contribution is -2.56. The third-order valence-electron chi connectivity index (χ3n) is 2.70.